The minimum Gasteiger partial charge on any atom is -0.353 e. The molecule has 1 saturated heterocycles. The third-order valence-corrected chi connectivity index (χ3v) is 8.99. The number of hydrogen-bond acceptors (Lipinski definition) is 3. The number of thiophene rings is 1. The minimum absolute atomic E-state index is 0.0509. The van der Waals surface area contributed by atoms with Crippen LogP contribution in [0.2, 0.25) is 0 Å². The third kappa shape index (κ3) is 4.24. The Morgan fingerprint density at radius 2 is 1.78 bits per heavy atom. The Morgan fingerprint density at radius 3 is 2.47 bits per heavy atom. The highest BCUT2D eigenvalue weighted by Gasteiger charge is 2.41. The van der Waals surface area contributed by atoms with Crippen molar-refractivity contribution in [2.24, 2.45) is 17.8 Å². The van der Waals surface area contributed by atoms with Gasteiger partial charge in [0.25, 0.3) is 5.91 Å². The van der Waals surface area contributed by atoms with Gasteiger partial charge >= 0.3 is 0 Å². The number of benzene rings is 1. The lowest BCUT2D eigenvalue weighted by Crippen LogP contribution is -2.46. The molecule has 32 heavy (non-hydrogen) atoms. The summed E-state index contributed by atoms with van der Waals surface area (Å²) in [6.07, 6.45) is 6.66. The molecular formula is C27H34N2O2S. The molecule has 1 aromatic heterocycles. The van der Waals surface area contributed by atoms with Crippen LogP contribution in [0.25, 0.3) is 10.4 Å². The third-order valence-electron chi connectivity index (χ3n) is 7.88. The van der Waals surface area contributed by atoms with Gasteiger partial charge in [0.15, 0.2) is 0 Å². The molecule has 170 valence electrons. The van der Waals surface area contributed by atoms with Crippen LogP contribution in [0.1, 0.15) is 73.5 Å². The average Bonchev–Trinajstić information content (AvgIpc) is 3.56. The predicted molar refractivity (Wildman–Crippen MR) is 130 cm³/mol. The molecule has 3 fully saturated rings. The van der Waals surface area contributed by atoms with Gasteiger partial charge in [-0.05, 0) is 73.1 Å². The number of likely N-dealkylation sites (tertiary alicyclic amines) is 1. The van der Waals surface area contributed by atoms with Crippen molar-refractivity contribution in [3.63, 3.8) is 0 Å². The lowest BCUT2D eigenvalue weighted by Gasteiger charge is -2.32. The van der Waals surface area contributed by atoms with E-state index in [2.05, 4.69) is 49.5 Å². The zero-order valence-corrected chi connectivity index (χ0v) is 20.0. The standard InChI is InChI=1S/C27H34N2O2S/c1-17(2)21-5-3-4-6-22(21)24-9-10-25(32-24)27(31)29-13-11-19(12-14-29)26(30)28-23-16-18-7-8-20(23)15-18/h3-6,9-10,17-20,23H,7-8,11-16H2,1-2H3,(H,28,30). The van der Waals surface area contributed by atoms with E-state index in [9.17, 15) is 9.59 Å². The van der Waals surface area contributed by atoms with Gasteiger partial charge in [-0.15, -0.1) is 11.3 Å². The van der Waals surface area contributed by atoms with Crippen LogP contribution in [0.3, 0.4) is 0 Å². The van der Waals surface area contributed by atoms with E-state index in [4.69, 9.17) is 0 Å². The number of fused-ring (bicyclic) bond motifs is 2. The molecule has 5 heteroatoms. The van der Waals surface area contributed by atoms with Crippen LogP contribution in [0.5, 0.6) is 0 Å². The molecule has 3 aliphatic rings. The summed E-state index contributed by atoms with van der Waals surface area (Å²) in [4.78, 5) is 29.8. The van der Waals surface area contributed by atoms with E-state index in [-0.39, 0.29) is 17.7 Å². The number of rotatable bonds is 5. The van der Waals surface area contributed by atoms with Crippen LogP contribution in [0.15, 0.2) is 36.4 Å². The normalized spacial score (nSPS) is 25.5. The first-order chi connectivity index (χ1) is 15.5. The van der Waals surface area contributed by atoms with Gasteiger partial charge in [0, 0.05) is 29.9 Å². The number of carbonyl (C=O) groups excluding carboxylic acids is 2. The topological polar surface area (TPSA) is 49.4 Å². The van der Waals surface area contributed by atoms with Gasteiger partial charge in [-0.2, -0.15) is 0 Å². The molecule has 2 aliphatic carbocycles. The average molecular weight is 451 g/mol. The minimum atomic E-state index is 0.0509. The Kier molecular flexibility index (Phi) is 6.11. The van der Waals surface area contributed by atoms with Crippen LogP contribution in [-0.4, -0.2) is 35.8 Å². The second-order valence-corrected chi connectivity index (χ2v) is 11.3. The van der Waals surface area contributed by atoms with Crippen molar-refractivity contribution in [1.29, 1.82) is 0 Å². The lowest BCUT2D eigenvalue weighted by molar-refractivity contribution is -0.127. The molecule has 3 atom stereocenters. The van der Waals surface area contributed by atoms with E-state index in [1.165, 1.54) is 36.8 Å². The van der Waals surface area contributed by atoms with Gasteiger partial charge in [0.05, 0.1) is 4.88 Å². The summed E-state index contributed by atoms with van der Waals surface area (Å²) < 4.78 is 0. The highest BCUT2D eigenvalue weighted by molar-refractivity contribution is 7.17. The van der Waals surface area contributed by atoms with Crippen molar-refractivity contribution in [2.75, 3.05) is 13.1 Å². The quantitative estimate of drug-likeness (QED) is 0.636. The molecule has 1 aliphatic heterocycles. The molecule has 2 amide bonds. The van der Waals surface area contributed by atoms with Gasteiger partial charge < -0.3 is 10.2 Å². The lowest BCUT2D eigenvalue weighted by atomic mass is 9.92. The van der Waals surface area contributed by atoms with Crippen LogP contribution >= 0.6 is 11.3 Å². The Morgan fingerprint density at radius 1 is 1.00 bits per heavy atom. The van der Waals surface area contributed by atoms with Crippen molar-refractivity contribution in [2.45, 2.75) is 64.3 Å². The molecule has 0 spiro atoms. The van der Waals surface area contributed by atoms with E-state index < -0.39 is 0 Å². The maximum atomic E-state index is 13.1. The summed E-state index contributed by atoms with van der Waals surface area (Å²) in [5, 5.41) is 3.35. The second kappa shape index (κ2) is 9.01. The molecule has 5 rings (SSSR count). The smallest absolute Gasteiger partial charge is 0.263 e. The molecule has 2 heterocycles. The summed E-state index contributed by atoms with van der Waals surface area (Å²) in [7, 11) is 0. The molecule has 4 nitrogen and oxygen atoms in total. The molecule has 1 N–H and O–H groups in total. The summed E-state index contributed by atoms with van der Waals surface area (Å²) >= 11 is 1.58. The Labute approximate surface area is 195 Å². The number of nitrogens with zero attached hydrogens (tertiary/aromatic N) is 1. The van der Waals surface area contributed by atoms with E-state index >= 15 is 0 Å². The SMILES string of the molecule is CC(C)c1ccccc1-c1ccc(C(=O)N2CCC(C(=O)NC3CC4CCC3C4)CC2)s1. The number of piperidine rings is 1. The van der Waals surface area contributed by atoms with Crippen molar-refractivity contribution >= 4 is 23.2 Å². The number of nitrogens with one attached hydrogen (secondary N) is 1. The summed E-state index contributed by atoms with van der Waals surface area (Å²) in [6.45, 7) is 5.75. The largest absolute Gasteiger partial charge is 0.353 e. The molecular weight excluding hydrogens is 416 g/mol. The van der Waals surface area contributed by atoms with Gasteiger partial charge in [-0.3, -0.25) is 9.59 Å². The van der Waals surface area contributed by atoms with Gasteiger partial charge in [0.2, 0.25) is 5.91 Å². The predicted octanol–water partition coefficient (Wildman–Crippen LogP) is 5.70. The van der Waals surface area contributed by atoms with E-state index in [1.807, 2.05) is 11.0 Å². The highest BCUT2D eigenvalue weighted by Crippen LogP contribution is 2.44. The highest BCUT2D eigenvalue weighted by atomic mass is 32.1. The van der Waals surface area contributed by atoms with Crippen molar-refractivity contribution in [3.05, 3.63) is 46.8 Å². The zero-order valence-electron chi connectivity index (χ0n) is 19.2. The van der Waals surface area contributed by atoms with Gasteiger partial charge in [0.1, 0.15) is 0 Å². The van der Waals surface area contributed by atoms with E-state index in [1.54, 1.807) is 11.3 Å². The van der Waals surface area contributed by atoms with Gasteiger partial charge in [-0.25, -0.2) is 0 Å². The molecule has 0 radical (unpaired) electrons. The molecule has 3 unspecified atom stereocenters. The van der Waals surface area contributed by atoms with Gasteiger partial charge in [-0.1, -0.05) is 44.5 Å². The summed E-state index contributed by atoms with van der Waals surface area (Å²) in [6, 6.07) is 12.9. The van der Waals surface area contributed by atoms with Crippen molar-refractivity contribution in [1.82, 2.24) is 10.2 Å². The van der Waals surface area contributed by atoms with Crippen LogP contribution < -0.4 is 5.32 Å². The van der Waals surface area contributed by atoms with Crippen molar-refractivity contribution < 1.29 is 9.59 Å². The molecule has 1 aromatic carbocycles. The fourth-order valence-electron chi connectivity index (χ4n) is 6.05. The molecule has 2 saturated carbocycles. The number of hydrogen-bond donors (Lipinski definition) is 1. The first-order valence-electron chi connectivity index (χ1n) is 12.3. The van der Waals surface area contributed by atoms with E-state index in [0.29, 0.717) is 31.0 Å². The monoisotopic (exact) mass is 450 g/mol. The Bertz CT molecular complexity index is 989. The maximum Gasteiger partial charge on any atom is 0.263 e. The number of carbonyl (C=O) groups is 2. The summed E-state index contributed by atoms with van der Waals surface area (Å²) in [5.41, 5.74) is 2.54. The van der Waals surface area contributed by atoms with Crippen LogP contribution in [-0.2, 0) is 4.79 Å². The Hall–Kier alpha value is -2.14. The fraction of sp³-hybridized carbons (Fsp3) is 0.556. The van der Waals surface area contributed by atoms with Crippen LogP contribution in [0.4, 0.5) is 0 Å². The Balaban J connectivity index is 1.18. The maximum absolute atomic E-state index is 13.1. The van der Waals surface area contributed by atoms with Crippen molar-refractivity contribution in [3.8, 4) is 10.4 Å². The van der Waals surface area contributed by atoms with E-state index in [0.717, 1.165) is 28.5 Å². The molecule has 2 bridgehead atoms. The fourth-order valence-corrected chi connectivity index (χ4v) is 7.07. The first-order valence-corrected chi connectivity index (χ1v) is 13.1. The summed E-state index contributed by atoms with van der Waals surface area (Å²) in [5.74, 6) is 2.37. The number of amides is 2. The second-order valence-electron chi connectivity index (χ2n) is 10.3. The first kappa shape index (κ1) is 21.7. The van der Waals surface area contributed by atoms with Crippen LogP contribution in [0, 0.1) is 17.8 Å². The zero-order chi connectivity index (χ0) is 22.2. The molecule has 2 aromatic rings.